The highest BCUT2D eigenvalue weighted by Gasteiger charge is 2.52. The molecule has 1 saturated heterocycles. The fraction of sp³-hybridized carbons (Fsp3) is 0.625. The van der Waals surface area contributed by atoms with Gasteiger partial charge in [-0.2, -0.15) is 0 Å². The molecular weight excluding hydrogens is 268 g/mol. The molecule has 5 nitrogen and oxygen atoms in total. The molecule has 5 heteroatoms. The van der Waals surface area contributed by atoms with Gasteiger partial charge in [-0.1, -0.05) is 0 Å². The number of methoxy groups -OCH3 is 2. The number of amides is 1. The number of fused-ring (bicyclic) bond motifs is 1. The zero-order chi connectivity index (χ0) is 14.9. The average Bonchev–Trinajstić information content (AvgIpc) is 2.94. The Morgan fingerprint density at radius 2 is 2.10 bits per heavy atom. The van der Waals surface area contributed by atoms with Crippen molar-refractivity contribution in [3.8, 4) is 0 Å². The number of hydrogen-bond acceptors (Lipinski definition) is 4. The van der Waals surface area contributed by atoms with Gasteiger partial charge in [0.1, 0.15) is 0 Å². The highest BCUT2D eigenvalue weighted by atomic mass is 16.5. The van der Waals surface area contributed by atoms with E-state index >= 15 is 0 Å². The summed E-state index contributed by atoms with van der Waals surface area (Å²) < 4.78 is 11.4. The average molecular weight is 290 g/mol. The third-order valence-corrected chi connectivity index (χ3v) is 5.06. The van der Waals surface area contributed by atoms with E-state index in [2.05, 4.69) is 4.98 Å². The standard InChI is InChI=1S/C16H22N2O3/c1-20-13-3-6-16(21-2)7-10-18(14(16)11-13)15(19)12-4-8-17-9-5-12/h4-5,8-9,13-14H,3,6-7,10-11H2,1-2H3/t13-,14+,16-/m0/s1. The summed E-state index contributed by atoms with van der Waals surface area (Å²) in [4.78, 5) is 18.7. The first-order valence-electron chi connectivity index (χ1n) is 7.49. The first-order valence-corrected chi connectivity index (χ1v) is 7.49. The van der Waals surface area contributed by atoms with Crippen LogP contribution in [-0.2, 0) is 9.47 Å². The number of rotatable bonds is 3. The van der Waals surface area contributed by atoms with E-state index in [1.165, 1.54) is 0 Å². The van der Waals surface area contributed by atoms with E-state index in [-0.39, 0.29) is 23.7 Å². The smallest absolute Gasteiger partial charge is 0.254 e. The summed E-state index contributed by atoms with van der Waals surface area (Å²) in [5.41, 5.74) is 0.494. The summed E-state index contributed by atoms with van der Waals surface area (Å²) in [6.07, 6.45) is 7.23. The van der Waals surface area contributed by atoms with Crippen molar-refractivity contribution in [1.82, 2.24) is 9.88 Å². The second-order valence-electron chi connectivity index (χ2n) is 5.90. The Kier molecular flexibility index (Phi) is 3.95. The van der Waals surface area contributed by atoms with Gasteiger partial charge in [0.15, 0.2) is 0 Å². The van der Waals surface area contributed by atoms with Crippen molar-refractivity contribution in [3.63, 3.8) is 0 Å². The predicted octanol–water partition coefficient (Wildman–Crippen LogP) is 1.88. The maximum absolute atomic E-state index is 12.8. The van der Waals surface area contributed by atoms with Gasteiger partial charge in [0.25, 0.3) is 5.91 Å². The van der Waals surface area contributed by atoms with Gasteiger partial charge in [0.05, 0.1) is 17.7 Å². The van der Waals surface area contributed by atoms with Gasteiger partial charge in [-0.25, -0.2) is 0 Å². The Morgan fingerprint density at radius 3 is 2.76 bits per heavy atom. The topological polar surface area (TPSA) is 51.7 Å². The van der Waals surface area contributed by atoms with Crippen molar-refractivity contribution >= 4 is 5.91 Å². The number of carbonyl (C=O) groups is 1. The molecule has 1 aromatic heterocycles. The van der Waals surface area contributed by atoms with Gasteiger partial charge in [0, 0.05) is 38.7 Å². The van der Waals surface area contributed by atoms with E-state index in [4.69, 9.17) is 9.47 Å². The van der Waals surface area contributed by atoms with Crippen LogP contribution in [0, 0.1) is 0 Å². The lowest BCUT2D eigenvalue weighted by Gasteiger charge is -2.43. The van der Waals surface area contributed by atoms with E-state index in [1.54, 1.807) is 38.7 Å². The Morgan fingerprint density at radius 1 is 1.33 bits per heavy atom. The summed E-state index contributed by atoms with van der Waals surface area (Å²) in [6.45, 7) is 0.746. The largest absolute Gasteiger partial charge is 0.381 e. The third-order valence-electron chi connectivity index (χ3n) is 5.06. The van der Waals surface area contributed by atoms with Gasteiger partial charge in [-0.15, -0.1) is 0 Å². The van der Waals surface area contributed by atoms with Crippen LogP contribution in [0.25, 0.3) is 0 Å². The molecule has 1 aromatic rings. The lowest BCUT2D eigenvalue weighted by Crippen LogP contribution is -2.53. The molecular formula is C16H22N2O3. The lowest BCUT2D eigenvalue weighted by atomic mass is 9.79. The molecule has 2 heterocycles. The molecule has 3 rings (SSSR count). The molecule has 21 heavy (non-hydrogen) atoms. The lowest BCUT2D eigenvalue weighted by molar-refractivity contribution is -0.0893. The van der Waals surface area contributed by atoms with Gasteiger partial charge in [-0.3, -0.25) is 9.78 Å². The molecule has 0 radical (unpaired) electrons. The molecule has 2 fully saturated rings. The second-order valence-corrected chi connectivity index (χ2v) is 5.90. The Hall–Kier alpha value is -1.46. The van der Waals surface area contributed by atoms with Crippen LogP contribution in [0.2, 0.25) is 0 Å². The monoisotopic (exact) mass is 290 g/mol. The molecule has 1 saturated carbocycles. The van der Waals surface area contributed by atoms with E-state index in [9.17, 15) is 4.79 Å². The second kappa shape index (κ2) is 5.73. The summed E-state index contributed by atoms with van der Waals surface area (Å²) in [5, 5.41) is 0. The number of carbonyl (C=O) groups excluding carboxylic acids is 1. The predicted molar refractivity (Wildman–Crippen MR) is 78.1 cm³/mol. The molecule has 0 N–H and O–H groups in total. The molecule has 0 bridgehead atoms. The number of ether oxygens (including phenoxy) is 2. The molecule has 0 spiro atoms. The highest BCUT2D eigenvalue weighted by molar-refractivity contribution is 5.94. The van der Waals surface area contributed by atoms with Crippen LogP contribution in [0.3, 0.4) is 0 Å². The van der Waals surface area contributed by atoms with Gasteiger partial charge in [0.2, 0.25) is 0 Å². The van der Waals surface area contributed by atoms with E-state index < -0.39 is 0 Å². The van der Waals surface area contributed by atoms with Crippen molar-refractivity contribution in [1.29, 1.82) is 0 Å². The minimum Gasteiger partial charge on any atom is -0.381 e. The molecule has 1 amide bonds. The Balaban J connectivity index is 1.85. The number of likely N-dealkylation sites (tertiary alicyclic amines) is 1. The normalized spacial score (nSPS) is 32.0. The summed E-state index contributed by atoms with van der Waals surface area (Å²) in [5.74, 6) is 0.0677. The number of hydrogen-bond donors (Lipinski definition) is 0. The van der Waals surface area contributed by atoms with Crippen LogP contribution in [0.1, 0.15) is 36.0 Å². The number of aromatic nitrogens is 1. The first-order chi connectivity index (χ1) is 10.2. The van der Waals surface area contributed by atoms with Crippen LogP contribution in [0.15, 0.2) is 24.5 Å². The van der Waals surface area contributed by atoms with Gasteiger partial charge < -0.3 is 14.4 Å². The molecule has 2 aliphatic rings. The van der Waals surface area contributed by atoms with E-state index in [1.807, 2.05) is 4.90 Å². The van der Waals surface area contributed by atoms with Crippen LogP contribution in [0.4, 0.5) is 0 Å². The fourth-order valence-corrected chi connectivity index (χ4v) is 3.78. The van der Waals surface area contributed by atoms with Crippen molar-refractivity contribution < 1.29 is 14.3 Å². The van der Waals surface area contributed by atoms with Crippen molar-refractivity contribution in [2.75, 3.05) is 20.8 Å². The minimum absolute atomic E-state index is 0.0677. The third kappa shape index (κ3) is 2.45. The zero-order valence-electron chi connectivity index (χ0n) is 12.6. The van der Waals surface area contributed by atoms with Crippen molar-refractivity contribution in [2.45, 2.75) is 43.4 Å². The summed E-state index contributed by atoms with van der Waals surface area (Å²) in [7, 11) is 3.51. The Bertz CT molecular complexity index is 508. The van der Waals surface area contributed by atoms with E-state index in [0.717, 1.165) is 32.2 Å². The highest BCUT2D eigenvalue weighted by Crippen LogP contribution is 2.43. The maximum Gasteiger partial charge on any atom is 0.254 e. The SMILES string of the molecule is CO[C@H]1CC[C@]2(OC)CCN(C(=O)c3ccncc3)[C@@H]2C1. The van der Waals surface area contributed by atoms with Crippen LogP contribution < -0.4 is 0 Å². The quantitative estimate of drug-likeness (QED) is 0.853. The van der Waals surface area contributed by atoms with Crippen LogP contribution in [0.5, 0.6) is 0 Å². The first kappa shape index (κ1) is 14.5. The summed E-state index contributed by atoms with van der Waals surface area (Å²) >= 11 is 0. The van der Waals surface area contributed by atoms with Gasteiger partial charge in [-0.05, 0) is 37.8 Å². The molecule has 1 aliphatic heterocycles. The van der Waals surface area contributed by atoms with Crippen LogP contribution in [-0.4, -0.2) is 54.3 Å². The zero-order valence-corrected chi connectivity index (χ0v) is 12.6. The molecule has 0 aromatic carbocycles. The Labute approximate surface area is 125 Å². The van der Waals surface area contributed by atoms with Crippen molar-refractivity contribution in [2.24, 2.45) is 0 Å². The molecule has 114 valence electrons. The molecule has 1 aliphatic carbocycles. The molecule has 3 atom stereocenters. The number of nitrogens with zero attached hydrogens (tertiary/aromatic N) is 2. The van der Waals surface area contributed by atoms with Gasteiger partial charge >= 0.3 is 0 Å². The summed E-state index contributed by atoms with van der Waals surface area (Å²) in [6, 6.07) is 3.64. The van der Waals surface area contributed by atoms with Crippen molar-refractivity contribution in [3.05, 3.63) is 30.1 Å². The van der Waals surface area contributed by atoms with E-state index in [0.29, 0.717) is 5.56 Å². The fourth-order valence-electron chi connectivity index (χ4n) is 3.78. The molecule has 0 unspecified atom stereocenters. The minimum atomic E-state index is -0.197. The van der Waals surface area contributed by atoms with Crippen LogP contribution >= 0.6 is 0 Å². The number of pyridine rings is 1. The maximum atomic E-state index is 12.8.